The number of unbranched alkanes of at least 4 members (excludes halogenated alkanes) is 2. The van der Waals surface area contributed by atoms with Crippen LogP contribution in [0.1, 0.15) is 39.5 Å². The van der Waals surface area contributed by atoms with E-state index in [1.807, 2.05) is 6.07 Å². The molecule has 152 valence electrons. The molecule has 3 aromatic rings. The number of rotatable bonds is 11. The van der Waals surface area contributed by atoms with E-state index in [0.717, 1.165) is 43.8 Å². The van der Waals surface area contributed by atoms with E-state index < -0.39 is 7.92 Å². The standard InChI is InChI=1S/C26H31O2P/c1-3-5-20-27-24-18-13-19-25(26(24)28-21-6-4-2)29(22-14-9-7-10-15-22)23-16-11-8-12-17-23/h7-19H,3-6,20-21H2,1-2H3. The first-order valence-corrected chi connectivity index (χ1v) is 12.0. The molecule has 0 aliphatic carbocycles. The fraction of sp³-hybridized carbons (Fsp3) is 0.308. The van der Waals surface area contributed by atoms with Crippen LogP contribution in [0.5, 0.6) is 11.5 Å². The van der Waals surface area contributed by atoms with Crippen LogP contribution in [0, 0.1) is 0 Å². The molecule has 0 aliphatic heterocycles. The highest BCUT2D eigenvalue weighted by Gasteiger charge is 2.23. The predicted octanol–water partition coefficient (Wildman–Crippen LogP) is 5.80. The monoisotopic (exact) mass is 406 g/mol. The van der Waals surface area contributed by atoms with E-state index in [1.54, 1.807) is 0 Å². The summed E-state index contributed by atoms with van der Waals surface area (Å²) in [5, 5.41) is 3.86. The minimum Gasteiger partial charge on any atom is -0.490 e. The van der Waals surface area contributed by atoms with Crippen molar-refractivity contribution < 1.29 is 9.47 Å². The Labute approximate surface area is 176 Å². The van der Waals surface area contributed by atoms with Crippen LogP contribution in [0.4, 0.5) is 0 Å². The van der Waals surface area contributed by atoms with E-state index in [1.165, 1.54) is 15.9 Å². The van der Waals surface area contributed by atoms with Gasteiger partial charge in [0.05, 0.1) is 13.2 Å². The fourth-order valence-corrected chi connectivity index (χ4v) is 5.57. The molecule has 0 heterocycles. The van der Waals surface area contributed by atoms with Gasteiger partial charge in [-0.15, -0.1) is 0 Å². The van der Waals surface area contributed by atoms with Crippen molar-refractivity contribution in [3.8, 4) is 11.5 Å². The highest BCUT2D eigenvalue weighted by molar-refractivity contribution is 7.80. The van der Waals surface area contributed by atoms with Gasteiger partial charge in [0.25, 0.3) is 0 Å². The zero-order valence-corrected chi connectivity index (χ0v) is 18.4. The summed E-state index contributed by atoms with van der Waals surface area (Å²) in [6.45, 7) is 5.81. The van der Waals surface area contributed by atoms with Crippen LogP contribution in [0.25, 0.3) is 0 Å². The van der Waals surface area contributed by atoms with Gasteiger partial charge in [0, 0.05) is 5.30 Å². The van der Waals surface area contributed by atoms with Crippen LogP contribution in [0.2, 0.25) is 0 Å². The zero-order chi connectivity index (χ0) is 20.3. The van der Waals surface area contributed by atoms with Crippen LogP contribution in [0.15, 0.2) is 78.9 Å². The Morgan fingerprint density at radius 1 is 0.621 bits per heavy atom. The molecule has 0 saturated heterocycles. The maximum absolute atomic E-state index is 6.35. The lowest BCUT2D eigenvalue weighted by atomic mass is 10.3. The summed E-state index contributed by atoms with van der Waals surface area (Å²) in [6, 6.07) is 27.9. The molecule has 0 aliphatic rings. The highest BCUT2D eigenvalue weighted by atomic mass is 31.1. The van der Waals surface area contributed by atoms with E-state index in [9.17, 15) is 0 Å². The minimum atomic E-state index is -0.727. The number of para-hydroxylation sites is 1. The second kappa shape index (κ2) is 11.6. The van der Waals surface area contributed by atoms with Crippen LogP contribution in [0.3, 0.4) is 0 Å². The lowest BCUT2D eigenvalue weighted by Crippen LogP contribution is -2.23. The van der Waals surface area contributed by atoms with Gasteiger partial charge in [0.1, 0.15) is 0 Å². The van der Waals surface area contributed by atoms with Crippen molar-refractivity contribution in [1.29, 1.82) is 0 Å². The minimum absolute atomic E-state index is 0.713. The van der Waals surface area contributed by atoms with E-state index in [-0.39, 0.29) is 0 Å². The predicted molar refractivity (Wildman–Crippen MR) is 126 cm³/mol. The average Bonchev–Trinajstić information content (AvgIpc) is 2.77. The van der Waals surface area contributed by atoms with Gasteiger partial charge in [-0.1, -0.05) is 93.4 Å². The quantitative estimate of drug-likeness (QED) is 0.296. The average molecular weight is 407 g/mol. The van der Waals surface area contributed by atoms with E-state index in [2.05, 4.69) is 86.6 Å². The van der Waals surface area contributed by atoms with Crippen molar-refractivity contribution in [1.82, 2.24) is 0 Å². The van der Waals surface area contributed by atoms with Gasteiger partial charge in [-0.3, -0.25) is 0 Å². The van der Waals surface area contributed by atoms with Crippen molar-refractivity contribution in [3.05, 3.63) is 78.9 Å². The fourth-order valence-electron chi connectivity index (χ4n) is 3.17. The Kier molecular flexibility index (Phi) is 8.58. The Bertz CT molecular complexity index is 810. The molecule has 3 rings (SSSR count). The summed E-state index contributed by atoms with van der Waals surface area (Å²) in [5.74, 6) is 1.78. The molecule has 0 fully saturated rings. The van der Waals surface area contributed by atoms with Crippen LogP contribution >= 0.6 is 7.92 Å². The summed E-state index contributed by atoms with van der Waals surface area (Å²) in [7, 11) is -0.727. The summed E-state index contributed by atoms with van der Waals surface area (Å²) in [6.07, 6.45) is 4.31. The summed E-state index contributed by atoms with van der Waals surface area (Å²) in [4.78, 5) is 0. The number of hydrogen-bond acceptors (Lipinski definition) is 2. The van der Waals surface area contributed by atoms with Crippen LogP contribution < -0.4 is 25.4 Å². The highest BCUT2D eigenvalue weighted by Crippen LogP contribution is 2.40. The smallest absolute Gasteiger partial charge is 0.169 e. The van der Waals surface area contributed by atoms with Crippen LogP contribution in [-0.4, -0.2) is 13.2 Å². The number of ether oxygens (including phenoxy) is 2. The molecule has 0 aromatic heterocycles. The topological polar surface area (TPSA) is 18.5 Å². The van der Waals surface area contributed by atoms with Crippen LogP contribution in [-0.2, 0) is 0 Å². The van der Waals surface area contributed by atoms with Gasteiger partial charge in [-0.2, -0.15) is 0 Å². The maximum atomic E-state index is 6.35. The SMILES string of the molecule is CCCCOc1cccc(P(c2ccccc2)c2ccccc2)c1OCCCC. The molecule has 3 heteroatoms. The third-order valence-corrected chi connectivity index (χ3v) is 7.19. The van der Waals surface area contributed by atoms with Gasteiger partial charge in [0.2, 0.25) is 0 Å². The molecule has 0 radical (unpaired) electrons. The third-order valence-electron chi connectivity index (χ3n) is 4.73. The van der Waals surface area contributed by atoms with Gasteiger partial charge < -0.3 is 9.47 Å². The van der Waals surface area contributed by atoms with E-state index in [4.69, 9.17) is 9.47 Å². The molecule has 0 spiro atoms. The normalized spacial score (nSPS) is 10.9. The first-order chi connectivity index (χ1) is 14.3. The van der Waals surface area contributed by atoms with Crippen molar-refractivity contribution in [2.45, 2.75) is 39.5 Å². The van der Waals surface area contributed by atoms with Crippen molar-refractivity contribution in [2.75, 3.05) is 13.2 Å². The van der Waals surface area contributed by atoms with Crippen molar-refractivity contribution >= 4 is 23.8 Å². The Morgan fingerprint density at radius 2 is 1.17 bits per heavy atom. The molecule has 0 saturated carbocycles. The Morgan fingerprint density at radius 3 is 1.72 bits per heavy atom. The molecule has 0 atom stereocenters. The number of benzene rings is 3. The molecule has 3 aromatic carbocycles. The molecular formula is C26H31O2P. The maximum Gasteiger partial charge on any atom is 0.169 e. The largest absolute Gasteiger partial charge is 0.490 e. The first-order valence-electron chi connectivity index (χ1n) is 10.6. The summed E-state index contributed by atoms with van der Waals surface area (Å²) in [5.41, 5.74) is 0. The Balaban J connectivity index is 2.07. The molecule has 0 amide bonds. The molecule has 29 heavy (non-hydrogen) atoms. The summed E-state index contributed by atoms with van der Waals surface area (Å²) < 4.78 is 12.5. The molecule has 0 unspecified atom stereocenters. The number of hydrogen-bond donors (Lipinski definition) is 0. The second-order valence-corrected chi connectivity index (χ2v) is 9.20. The lowest BCUT2D eigenvalue weighted by Gasteiger charge is -2.24. The van der Waals surface area contributed by atoms with Gasteiger partial charge in [-0.05, 0) is 43.5 Å². The molecule has 2 nitrogen and oxygen atoms in total. The van der Waals surface area contributed by atoms with Gasteiger partial charge >= 0.3 is 0 Å². The summed E-state index contributed by atoms with van der Waals surface area (Å²) >= 11 is 0. The molecule has 0 N–H and O–H groups in total. The third kappa shape index (κ3) is 5.84. The van der Waals surface area contributed by atoms with Gasteiger partial charge in [0.15, 0.2) is 11.5 Å². The molecule has 0 bridgehead atoms. The van der Waals surface area contributed by atoms with Crippen molar-refractivity contribution in [2.24, 2.45) is 0 Å². The Hall–Kier alpha value is -2.31. The van der Waals surface area contributed by atoms with Crippen molar-refractivity contribution in [3.63, 3.8) is 0 Å². The second-order valence-electron chi connectivity index (χ2n) is 7.01. The van der Waals surface area contributed by atoms with E-state index in [0.29, 0.717) is 6.61 Å². The van der Waals surface area contributed by atoms with Gasteiger partial charge in [-0.25, -0.2) is 0 Å². The first kappa shape index (κ1) is 21.4. The zero-order valence-electron chi connectivity index (χ0n) is 17.5. The van der Waals surface area contributed by atoms with E-state index >= 15 is 0 Å². The lowest BCUT2D eigenvalue weighted by molar-refractivity contribution is 0.264. The molecular weight excluding hydrogens is 375 g/mol.